The molecule has 2 amide bonds. The van der Waals surface area contributed by atoms with Crippen molar-refractivity contribution >= 4 is 23.2 Å². The van der Waals surface area contributed by atoms with Crippen LogP contribution < -0.4 is 10.2 Å². The van der Waals surface area contributed by atoms with Crippen molar-refractivity contribution in [1.82, 2.24) is 4.90 Å². The van der Waals surface area contributed by atoms with Gasteiger partial charge in [-0.3, -0.25) is 9.59 Å². The summed E-state index contributed by atoms with van der Waals surface area (Å²) in [5, 5.41) is 3.10. The molecule has 170 valence electrons. The summed E-state index contributed by atoms with van der Waals surface area (Å²) >= 11 is 0. The monoisotopic (exact) mass is 433 g/mol. The van der Waals surface area contributed by atoms with E-state index in [9.17, 15) is 9.59 Å². The van der Waals surface area contributed by atoms with Crippen LogP contribution in [0, 0.1) is 5.92 Å². The molecule has 2 aliphatic carbocycles. The van der Waals surface area contributed by atoms with E-state index in [1.54, 1.807) is 0 Å². The van der Waals surface area contributed by atoms with E-state index >= 15 is 0 Å². The highest BCUT2D eigenvalue weighted by Gasteiger charge is 2.36. The van der Waals surface area contributed by atoms with E-state index in [-0.39, 0.29) is 23.7 Å². The minimum Gasteiger partial charge on any atom is -0.377 e. The molecule has 4 rings (SSSR count). The van der Waals surface area contributed by atoms with Crippen LogP contribution in [-0.4, -0.2) is 36.9 Å². The average molecular weight is 434 g/mol. The summed E-state index contributed by atoms with van der Waals surface area (Å²) in [5.41, 5.74) is 4.06. The number of hydrogen-bond donors (Lipinski definition) is 1. The summed E-state index contributed by atoms with van der Waals surface area (Å²) in [4.78, 5) is 30.3. The lowest BCUT2D eigenvalue weighted by Gasteiger charge is -2.30. The molecular weight excluding hydrogens is 398 g/mol. The molecule has 0 bridgehead atoms. The van der Waals surface area contributed by atoms with E-state index < -0.39 is 0 Å². The van der Waals surface area contributed by atoms with Gasteiger partial charge in [0.2, 0.25) is 11.8 Å². The van der Waals surface area contributed by atoms with Gasteiger partial charge < -0.3 is 15.1 Å². The highest BCUT2D eigenvalue weighted by atomic mass is 16.2. The van der Waals surface area contributed by atoms with Gasteiger partial charge in [0.25, 0.3) is 0 Å². The second-order valence-corrected chi connectivity index (χ2v) is 9.42. The van der Waals surface area contributed by atoms with Gasteiger partial charge in [0.15, 0.2) is 0 Å². The molecule has 2 saturated carbocycles. The smallest absolute Gasteiger partial charge is 0.230 e. The Morgan fingerprint density at radius 3 is 2.31 bits per heavy atom. The van der Waals surface area contributed by atoms with Crippen molar-refractivity contribution in [1.29, 1.82) is 0 Å². The zero-order chi connectivity index (χ0) is 22.7. The van der Waals surface area contributed by atoms with Gasteiger partial charge >= 0.3 is 0 Å². The first-order valence-electron chi connectivity index (χ1n) is 11.9. The lowest BCUT2D eigenvalue weighted by Crippen LogP contribution is -2.37. The first-order valence-corrected chi connectivity index (χ1v) is 11.9. The molecule has 2 aromatic rings. The Morgan fingerprint density at radius 1 is 1.03 bits per heavy atom. The maximum Gasteiger partial charge on any atom is 0.230 e. The van der Waals surface area contributed by atoms with Crippen LogP contribution in [-0.2, 0) is 16.1 Å². The fraction of sp³-hybridized carbons (Fsp3) is 0.481. The molecule has 1 atom stereocenters. The quantitative estimate of drug-likeness (QED) is 0.593. The third kappa shape index (κ3) is 4.98. The number of carbonyl (C=O) groups excluding carboxylic acids is 2. The third-order valence-corrected chi connectivity index (χ3v) is 6.82. The minimum atomic E-state index is -0.124. The predicted molar refractivity (Wildman–Crippen MR) is 130 cm³/mol. The van der Waals surface area contributed by atoms with Gasteiger partial charge in [0, 0.05) is 44.0 Å². The third-order valence-electron chi connectivity index (χ3n) is 6.82. The minimum absolute atomic E-state index is 0.116. The largest absolute Gasteiger partial charge is 0.377 e. The first kappa shape index (κ1) is 22.4. The van der Waals surface area contributed by atoms with Crippen LogP contribution in [0.15, 0.2) is 48.5 Å². The molecule has 5 heteroatoms. The number of anilines is 2. The van der Waals surface area contributed by atoms with Gasteiger partial charge in [-0.15, -0.1) is 0 Å². The van der Waals surface area contributed by atoms with E-state index in [1.807, 2.05) is 38.4 Å². The second-order valence-electron chi connectivity index (χ2n) is 9.42. The van der Waals surface area contributed by atoms with E-state index in [0.717, 1.165) is 61.0 Å². The summed E-state index contributed by atoms with van der Waals surface area (Å²) in [6, 6.07) is 16.5. The number of amides is 2. The highest BCUT2D eigenvalue weighted by Crippen LogP contribution is 2.35. The highest BCUT2D eigenvalue weighted by molar-refractivity contribution is 5.93. The molecule has 2 aromatic carbocycles. The molecule has 0 aliphatic heterocycles. The number of hydrogen-bond acceptors (Lipinski definition) is 3. The molecular formula is C27H35N3O2. The lowest BCUT2D eigenvalue weighted by atomic mass is 9.85. The SMILES string of the molecule is CC[C@H](C(=O)N(Cc1cc(NC(=O)C2CCC2)ccc1N(C)C)C1CC1)c1ccccc1. The summed E-state index contributed by atoms with van der Waals surface area (Å²) in [6.45, 7) is 2.65. The topological polar surface area (TPSA) is 52.7 Å². The van der Waals surface area contributed by atoms with Gasteiger partial charge in [0.1, 0.15) is 0 Å². The van der Waals surface area contributed by atoms with E-state index in [0.29, 0.717) is 12.6 Å². The molecule has 0 saturated heterocycles. The Bertz CT molecular complexity index is 949. The first-order chi connectivity index (χ1) is 15.5. The van der Waals surface area contributed by atoms with Crippen LogP contribution in [0.1, 0.15) is 62.5 Å². The van der Waals surface area contributed by atoms with Crippen molar-refractivity contribution in [3.63, 3.8) is 0 Å². The summed E-state index contributed by atoms with van der Waals surface area (Å²) in [7, 11) is 4.04. The van der Waals surface area contributed by atoms with Crippen LogP contribution in [0.2, 0.25) is 0 Å². The summed E-state index contributed by atoms with van der Waals surface area (Å²) in [5.74, 6) is 0.341. The number of nitrogens with one attached hydrogen (secondary N) is 1. The van der Waals surface area contributed by atoms with Crippen molar-refractivity contribution in [3.05, 3.63) is 59.7 Å². The van der Waals surface area contributed by atoms with Crippen LogP contribution >= 0.6 is 0 Å². The molecule has 0 radical (unpaired) electrons. The molecule has 0 heterocycles. The Morgan fingerprint density at radius 2 is 1.75 bits per heavy atom. The van der Waals surface area contributed by atoms with E-state index in [2.05, 4.69) is 46.3 Å². The average Bonchev–Trinajstić information content (AvgIpc) is 3.57. The fourth-order valence-electron chi connectivity index (χ4n) is 4.54. The van der Waals surface area contributed by atoms with Crippen molar-refractivity contribution in [3.8, 4) is 0 Å². The van der Waals surface area contributed by atoms with Crippen LogP contribution in [0.4, 0.5) is 11.4 Å². The van der Waals surface area contributed by atoms with Gasteiger partial charge in [-0.05, 0) is 61.4 Å². The Hall–Kier alpha value is -2.82. The maximum absolute atomic E-state index is 13.7. The van der Waals surface area contributed by atoms with Crippen LogP contribution in [0.25, 0.3) is 0 Å². The molecule has 5 nitrogen and oxygen atoms in total. The number of benzene rings is 2. The van der Waals surface area contributed by atoms with Crippen molar-refractivity contribution in [2.24, 2.45) is 5.92 Å². The van der Waals surface area contributed by atoms with E-state index in [4.69, 9.17) is 0 Å². The summed E-state index contributed by atoms with van der Waals surface area (Å²) < 4.78 is 0. The molecule has 0 unspecified atom stereocenters. The maximum atomic E-state index is 13.7. The number of rotatable bonds is 9. The molecule has 2 fully saturated rings. The Labute approximate surface area is 191 Å². The van der Waals surface area contributed by atoms with Crippen LogP contribution in [0.3, 0.4) is 0 Å². The second kappa shape index (κ2) is 9.76. The molecule has 1 N–H and O–H groups in total. The number of carbonyl (C=O) groups is 2. The van der Waals surface area contributed by atoms with E-state index in [1.165, 1.54) is 0 Å². The zero-order valence-electron chi connectivity index (χ0n) is 19.5. The van der Waals surface area contributed by atoms with Crippen molar-refractivity contribution in [2.45, 2.75) is 64.0 Å². The van der Waals surface area contributed by atoms with Crippen molar-refractivity contribution in [2.75, 3.05) is 24.3 Å². The zero-order valence-corrected chi connectivity index (χ0v) is 19.5. The molecule has 0 aromatic heterocycles. The van der Waals surface area contributed by atoms with Gasteiger partial charge in [-0.1, -0.05) is 43.7 Å². The Kier molecular flexibility index (Phi) is 6.83. The predicted octanol–water partition coefficient (Wildman–Crippen LogP) is 5.18. The van der Waals surface area contributed by atoms with Gasteiger partial charge in [-0.2, -0.15) is 0 Å². The fourth-order valence-corrected chi connectivity index (χ4v) is 4.54. The molecule has 2 aliphatic rings. The molecule has 32 heavy (non-hydrogen) atoms. The molecule has 0 spiro atoms. The Balaban J connectivity index is 1.58. The summed E-state index contributed by atoms with van der Waals surface area (Å²) in [6.07, 6.45) is 6.01. The van der Waals surface area contributed by atoms with Crippen LogP contribution in [0.5, 0.6) is 0 Å². The van der Waals surface area contributed by atoms with Gasteiger partial charge in [-0.25, -0.2) is 0 Å². The van der Waals surface area contributed by atoms with Gasteiger partial charge in [0.05, 0.1) is 5.92 Å². The lowest BCUT2D eigenvalue weighted by molar-refractivity contribution is -0.134. The number of nitrogens with zero attached hydrogens (tertiary/aromatic N) is 2. The standard InChI is InChI=1S/C27H35N3O2/c1-4-24(19-9-6-5-7-10-19)27(32)30(23-14-15-23)18-21-17-22(13-16-25(21)29(2)3)28-26(31)20-11-8-12-20/h5-7,9-10,13,16-17,20,23-24H,4,8,11-12,14-15,18H2,1-3H3,(H,28,31)/t24-/m0/s1. The van der Waals surface area contributed by atoms with Crippen molar-refractivity contribution < 1.29 is 9.59 Å². The normalized spacial score (nSPS) is 16.7.